The minimum atomic E-state index is 0.309. The van der Waals surface area contributed by atoms with Gasteiger partial charge in [0.05, 0.1) is 0 Å². The van der Waals surface area contributed by atoms with Crippen molar-refractivity contribution in [2.75, 3.05) is 7.05 Å². The minimum absolute atomic E-state index is 0.309. The average molecular weight is 314 g/mol. The normalized spacial score (nSPS) is 27.7. The van der Waals surface area contributed by atoms with Crippen LogP contribution in [0.2, 0.25) is 0 Å². The van der Waals surface area contributed by atoms with Gasteiger partial charge in [-0.2, -0.15) is 0 Å². The minimum Gasteiger partial charge on any atom is -0.342 e. The van der Waals surface area contributed by atoms with Crippen LogP contribution in [0.4, 0.5) is 0 Å². The van der Waals surface area contributed by atoms with Crippen LogP contribution < -0.4 is 5.32 Å². The molecule has 0 spiro atoms. The van der Waals surface area contributed by atoms with Crippen LogP contribution in [0, 0.1) is 5.92 Å². The molecule has 2 aliphatic heterocycles. The van der Waals surface area contributed by atoms with Gasteiger partial charge in [0.25, 0.3) is 0 Å². The number of benzene rings is 1. The van der Waals surface area contributed by atoms with Gasteiger partial charge in [-0.05, 0) is 50.0 Å². The van der Waals surface area contributed by atoms with Crippen molar-refractivity contribution in [2.24, 2.45) is 5.92 Å². The molecule has 0 saturated carbocycles. The standard InChI is InChI=1S/C20H30N2O/c1-3-19(13-15-7-5-4-6-8-15)22(2)20(23)14-16-11-17-9-10-18(12-16)21-17/h4-8,16-19,21H,3,9-14H2,1-2H3. The fourth-order valence-electron chi connectivity index (χ4n) is 4.38. The number of likely N-dealkylation sites (N-methyl/N-ethyl adjacent to an activating group) is 1. The van der Waals surface area contributed by atoms with E-state index in [0.29, 0.717) is 30.0 Å². The van der Waals surface area contributed by atoms with Crippen LogP contribution >= 0.6 is 0 Å². The Bertz CT molecular complexity index is 504. The Hall–Kier alpha value is -1.35. The van der Waals surface area contributed by atoms with Crippen molar-refractivity contribution in [2.45, 2.75) is 70.0 Å². The molecular formula is C20H30N2O. The molecule has 3 rings (SSSR count). The number of hydrogen-bond acceptors (Lipinski definition) is 2. The first-order chi connectivity index (χ1) is 11.2. The van der Waals surface area contributed by atoms with E-state index in [1.807, 2.05) is 18.0 Å². The highest BCUT2D eigenvalue weighted by Crippen LogP contribution is 2.33. The molecular weight excluding hydrogens is 284 g/mol. The first-order valence-corrected chi connectivity index (χ1v) is 9.21. The molecule has 1 aromatic rings. The zero-order chi connectivity index (χ0) is 16.2. The van der Waals surface area contributed by atoms with Crippen molar-refractivity contribution < 1.29 is 4.79 Å². The quantitative estimate of drug-likeness (QED) is 0.873. The largest absolute Gasteiger partial charge is 0.342 e. The molecule has 3 unspecified atom stereocenters. The fraction of sp³-hybridized carbons (Fsp3) is 0.650. The summed E-state index contributed by atoms with van der Waals surface area (Å²) in [4.78, 5) is 14.8. The van der Waals surface area contributed by atoms with Crippen LogP contribution in [0.5, 0.6) is 0 Å². The number of nitrogens with one attached hydrogen (secondary N) is 1. The van der Waals surface area contributed by atoms with E-state index in [1.54, 1.807) is 0 Å². The highest BCUT2D eigenvalue weighted by atomic mass is 16.2. The first kappa shape index (κ1) is 16.5. The molecule has 23 heavy (non-hydrogen) atoms. The van der Waals surface area contributed by atoms with Crippen molar-refractivity contribution in [1.29, 1.82) is 0 Å². The maximum Gasteiger partial charge on any atom is 0.222 e. The van der Waals surface area contributed by atoms with Gasteiger partial charge >= 0.3 is 0 Å². The zero-order valence-corrected chi connectivity index (χ0v) is 14.5. The van der Waals surface area contributed by atoms with Crippen molar-refractivity contribution in [3.63, 3.8) is 0 Å². The third-order valence-electron chi connectivity index (χ3n) is 5.76. The first-order valence-electron chi connectivity index (χ1n) is 9.21. The lowest BCUT2D eigenvalue weighted by atomic mass is 9.89. The van der Waals surface area contributed by atoms with Gasteiger partial charge in [0, 0.05) is 31.6 Å². The highest BCUT2D eigenvalue weighted by Gasteiger charge is 2.35. The smallest absolute Gasteiger partial charge is 0.222 e. The maximum absolute atomic E-state index is 12.7. The molecule has 1 N–H and O–H groups in total. The summed E-state index contributed by atoms with van der Waals surface area (Å²) in [6.07, 6.45) is 7.67. The number of carbonyl (C=O) groups excluding carboxylic acids is 1. The van der Waals surface area contributed by atoms with E-state index in [0.717, 1.165) is 19.3 Å². The number of rotatable bonds is 6. The van der Waals surface area contributed by atoms with Gasteiger partial charge in [0.1, 0.15) is 0 Å². The SMILES string of the molecule is CCC(Cc1ccccc1)N(C)C(=O)CC1CC2CCC(C1)N2. The molecule has 0 aromatic heterocycles. The molecule has 2 fully saturated rings. The lowest BCUT2D eigenvalue weighted by Crippen LogP contribution is -2.42. The molecule has 3 atom stereocenters. The van der Waals surface area contributed by atoms with Crippen LogP contribution in [0.3, 0.4) is 0 Å². The Balaban J connectivity index is 1.55. The Morgan fingerprint density at radius 1 is 1.22 bits per heavy atom. The second kappa shape index (κ2) is 7.48. The van der Waals surface area contributed by atoms with E-state index in [9.17, 15) is 4.79 Å². The van der Waals surface area contributed by atoms with E-state index < -0.39 is 0 Å². The number of fused-ring (bicyclic) bond motifs is 2. The van der Waals surface area contributed by atoms with Gasteiger partial charge in [0.15, 0.2) is 0 Å². The molecule has 2 bridgehead atoms. The topological polar surface area (TPSA) is 32.3 Å². The number of hydrogen-bond donors (Lipinski definition) is 1. The Morgan fingerprint density at radius 2 is 1.87 bits per heavy atom. The average Bonchev–Trinajstić information content (AvgIpc) is 2.91. The molecule has 3 nitrogen and oxygen atoms in total. The van der Waals surface area contributed by atoms with Gasteiger partial charge in [-0.15, -0.1) is 0 Å². The summed E-state index contributed by atoms with van der Waals surface area (Å²) in [6, 6.07) is 12.2. The predicted octanol–water partition coefficient (Wildman–Crippen LogP) is 3.39. The summed E-state index contributed by atoms with van der Waals surface area (Å²) in [5.41, 5.74) is 1.32. The van der Waals surface area contributed by atoms with Gasteiger partial charge in [-0.3, -0.25) is 4.79 Å². The Morgan fingerprint density at radius 3 is 2.48 bits per heavy atom. The van der Waals surface area contributed by atoms with Crippen LogP contribution in [-0.4, -0.2) is 36.0 Å². The molecule has 1 amide bonds. The summed E-state index contributed by atoms with van der Waals surface area (Å²) in [5, 5.41) is 3.66. The molecule has 0 aliphatic carbocycles. The summed E-state index contributed by atoms with van der Waals surface area (Å²) in [6.45, 7) is 2.18. The van der Waals surface area contributed by atoms with Gasteiger partial charge < -0.3 is 10.2 Å². The molecule has 1 aromatic carbocycles. The lowest BCUT2D eigenvalue weighted by molar-refractivity contribution is -0.133. The Labute approximate surface area is 140 Å². The molecule has 2 aliphatic rings. The van der Waals surface area contributed by atoms with Gasteiger partial charge in [0.2, 0.25) is 5.91 Å². The third-order valence-corrected chi connectivity index (χ3v) is 5.76. The Kier molecular flexibility index (Phi) is 5.37. The van der Waals surface area contributed by atoms with Gasteiger partial charge in [-0.1, -0.05) is 37.3 Å². The summed E-state index contributed by atoms with van der Waals surface area (Å²) in [7, 11) is 2.00. The van der Waals surface area contributed by atoms with Crippen LogP contribution in [0.25, 0.3) is 0 Å². The van der Waals surface area contributed by atoms with E-state index >= 15 is 0 Å². The molecule has 2 heterocycles. The van der Waals surface area contributed by atoms with Crippen molar-refractivity contribution >= 4 is 5.91 Å². The summed E-state index contributed by atoms with van der Waals surface area (Å²) < 4.78 is 0. The van der Waals surface area contributed by atoms with Crippen LogP contribution in [-0.2, 0) is 11.2 Å². The molecule has 126 valence electrons. The second-order valence-corrected chi connectivity index (χ2v) is 7.44. The number of nitrogens with zero attached hydrogens (tertiary/aromatic N) is 1. The number of piperidine rings is 1. The van der Waals surface area contributed by atoms with Crippen LogP contribution in [0.1, 0.15) is 51.0 Å². The zero-order valence-electron chi connectivity index (χ0n) is 14.5. The molecule has 3 heteroatoms. The van der Waals surface area contributed by atoms with Crippen LogP contribution in [0.15, 0.2) is 30.3 Å². The van der Waals surface area contributed by atoms with Crippen molar-refractivity contribution in [1.82, 2.24) is 10.2 Å². The summed E-state index contributed by atoms with van der Waals surface area (Å²) >= 11 is 0. The van der Waals surface area contributed by atoms with E-state index in [4.69, 9.17) is 0 Å². The lowest BCUT2D eigenvalue weighted by Gasteiger charge is -2.32. The highest BCUT2D eigenvalue weighted by molar-refractivity contribution is 5.76. The maximum atomic E-state index is 12.7. The monoisotopic (exact) mass is 314 g/mol. The number of carbonyl (C=O) groups is 1. The third kappa shape index (κ3) is 4.14. The van der Waals surface area contributed by atoms with E-state index in [-0.39, 0.29) is 0 Å². The fourth-order valence-corrected chi connectivity index (χ4v) is 4.38. The second-order valence-electron chi connectivity index (χ2n) is 7.44. The van der Waals surface area contributed by atoms with E-state index in [2.05, 4.69) is 36.5 Å². The predicted molar refractivity (Wildman–Crippen MR) is 94.3 cm³/mol. The van der Waals surface area contributed by atoms with E-state index in [1.165, 1.54) is 31.2 Å². The molecule has 2 saturated heterocycles. The summed E-state index contributed by atoms with van der Waals surface area (Å²) in [5.74, 6) is 0.914. The number of amides is 1. The van der Waals surface area contributed by atoms with Gasteiger partial charge in [-0.25, -0.2) is 0 Å². The van der Waals surface area contributed by atoms with Crippen molar-refractivity contribution in [3.8, 4) is 0 Å². The molecule has 0 radical (unpaired) electrons. The van der Waals surface area contributed by atoms with Crippen molar-refractivity contribution in [3.05, 3.63) is 35.9 Å².